The smallest absolute Gasteiger partial charge is 0.306 e. The van der Waals surface area contributed by atoms with Crippen molar-refractivity contribution in [3.05, 3.63) is 85.1 Å². The summed E-state index contributed by atoms with van der Waals surface area (Å²) in [5.74, 6) is -0.404. The zero-order chi connectivity index (χ0) is 48.7. The second kappa shape index (κ2) is 40.0. The number of carbonyl (C=O) groups excluding carboxylic acids is 1. The van der Waals surface area contributed by atoms with Crippen LogP contribution in [0.4, 0.5) is 0 Å². The van der Waals surface area contributed by atoms with Crippen LogP contribution in [0.25, 0.3) is 0 Å². The van der Waals surface area contributed by atoms with Crippen molar-refractivity contribution in [3.63, 3.8) is 0 Å². The van der Waals surface area contributed by atoms with Gasteiger partial charge in [-0.25, -0.2) is 0 Å². The maximum atomic E-state index is 13.0. The number of aliphatic hydroxyl groups is 7. The molecule has 11 unspecified atom stereocenters. The van der Waals surface area contributed by atoms with Crippen LogP contribution in [0.5, 0.6) is 0 Å². The minimum atomic E-state index is -1.72. The van der Waals surface area contributed by atoms with Gasteiger partial charge in [-0.2, -0.15) is 0 Å². The standard InChI is InChI=1S/C53H88O14/c1-3-5-7-9-11-13-15-16-17-18-19-20-21-22-23-24-25-27-29-31-33-35-37-62-39-42(65-45(55)36-34-32-30-28-26-14-12-10-8-6-4-2)40-63-52-51(61)49(59)47(57)44(67-52)41-64-53-50(60)48(58)46(56)43(38-54)66-53/h5,7,10-13,16-17,19-20,22-23,25,27,42-44,46-54,56-61H,3-4,6,8-9,14-15,18,21,24,26,28-41H2,1-2H3/b7-5-,12-10-,13-11-,17-16-,20-19-,23-22-,27-25-. The first-order valence-electron chi connectivity index (χ1n) is 25.2. The van der Waals surface area contributed by atoms with Gasteiger partial charge in [-0.05, 0) is 83.5 Å². The molecule has 2 rings (SSSR count). The molecule has 0 bridgehead atoms. The summed E-state index contributed by atoms with van der Waals surface area (Å²) >= 11 is 0. The van der Waals surface area contributed by atoms with Gasteiger partial charge in [0.1, 0.15) is 54.9 Å². The van der Waals surface area contributed by atoms with Gasteiger partial charge in [0.2, 0.25) is 0 Å². The van der Waals surface area contributed by atoms with E-state index in [4.69, 9.17) is 28.4 Å². The van der Waals surface area contributed by atoms with Crippen molar-refractivity contribution in [2.24, 2.45) is 0 Å². The average Bonchev–Trinajstić information content (AvgIpc) is 3.32. The summed E-state index contributed by atoms with van der Waals surface area (Å²) in [6.45, 7) is 3.40. The number of rotatable bonds is 38. The molecule has 0 aliphatic carbocycles. The Labute approximate surface area is 401 Å². The maximum Gasteiger partial charge on any atom is 0.306 e. The first-order chi connectivity index (χ1) is 32.6. The Morgan fingerprint density at radius 1 is 0.507 bits per heavy atom. The zero-order valence-corrected chi connectivity index (χ0v) is 40.6. The number of hydrogen-bond acceptors (Lipinski definition) is 14. The van der Waals surface area contributed by atoms with Gasteiger partial charge in [-0.15, -0.1) is 0 Å². The lowest BCUT2D eigenvalue weighted by Gasteiger charge is -2.42. The van der Waals surface area contributed by atoms with Crippen LogP contribution >= 0.6 is 0 Å². The third-order valence-corrected chi connectivity index (χ3v) is 11.4. The molecule has 0 aromatic rings. The molecule has 2 heterocycles. The molecule has 11 atom stereocenters. The SMILES string of the molecule is CC/C=C\C/C=C\C/C=C\C/C=C\C/C=C\C/C=C\CCCCCOCC(COC1OC(COC2OC(CO)C(O)C(O)C2O)C(O)C(O)C1O)OC(=O)CCCCCCC/C=C\CCCC. The normalized spacial score (nSPS) is 26.8. The zero-order valence-electron chi connectivity index (χ0n) is 40.6. The van der Waals surface area contributed by atoms with Crippen LogP contribution in [0.15, 0.2) is 85.1 Å². The Balaban J connectivity index is 1.77. The van der Waals surface area contributed by atoms with Crippen molar-refractivity contribution in [1.29, 1.82) is 0 Å². The number of aliphatic hydroxyl groups excluding tert-OH is 7. The van der Waals surface area contributed by atoms with Crippen molar-refractivity contribution in [1.82, 2.24) is 0 Å². The summed E-state index contributed by atoms with van der Waals surface area (Å²) < 4.78 is 34.2. The molecule has 14 heteroatoms. The first-order valence-corrected chi connectivity index (χ1v) is 25.2. The fraction of sp³-hybridized carbons (Fsp3) is 0.717. The van der Waals surface area contributed by atoms with Crippen LogP contribution in [0.2, 0.25) is 0 Å². The van der Waals surface area contributed by atoms with Gasteiger partial charge in [0.15, 0.2) is 12.6 Å². The van der Waals surface area contributed by atoms with E-state index in [1.165, 1.54) is 12.8 Å². The highest BCUT2D eigenvalue weighted by atomic mass is 16.7. The van der Waals surface area contributed by atoms with Crippen molar-refractivity contribution in [2.75, 3.05) is 33.0 Å². The molecule has 384 valence electrons. The summed E-state index contributed by atoms with van der Waals surface area (Å²) in [7, 11) is 0. The molecule has 2 aliphatic rings. The van der Waals surface area contributed by atoms with Crippen LogP contribution in [0.1, 0.15) is 142 Å². The van der Waals surface area contributed by atoms with Crippen molar-refractivity contribution in [2.45, 2.75) is 210 Å². The number of esters is 1. The van der Waals surface area contributed by atoms with E-state index in [1.807, 2.05) is 0 Å². The van der Waals surface area contributed by atoms with Crippen molar-refractivity contribution >= 4 is 5.97 Å². The Kier molecular flexibility index (Phi) is 36.0. The summed E-state index contributed by atoms with van der Waals surface area (Å²) in [6, 6.07) is 0. The van der Waals surface area contributed by atoms with Gasteiger partial charge in [0.05, 0.1) is 26.4 Å². The number of ether oxygens (including phenoxy) is 6. The lowest BCUT2D eigenvalue weighted by Crippen LogP contribution is -2.61. The van der Waals surface area contributed by atoms with Crippen LogP contribution < -0.4 is 0 Å². The third kappa shape index (κ3) is 27.8. The van der Waals surface area contributed by atoms with Gasteiger partial charge < -0.3 is 64.2 Å². The molecule has 14 nitrogen and oxygen atoms in total. The Bertz CT molecular complexity index is 1430. The van der Waals surface area contributed by atoms with E-state index in [0.717, 1.165) is 103 Å². The van der Waals surface area contributed by atoms with Crippen LogP contribution in [0.3, 0.4) is 0 Å². The van der Waals surface area contributed by atoms with Crippen LogP contribution in [-0.2, 0) is 33.2 Å². The highest BCUT2D eigenvalue weighted by molar-refractivity contribution is 5.69. The number of allylic oxidation sites excluding steroid dienone is 14. The molecule has 0 amide bonds. The molecule has 2 fully saturated rings. The Hall–Kier alpha value is -2.83. The largest absolute Gasteiger partial charge is 0.457 e. The van der Waals surface area contributed by atoms with Crippen molar-refractivity contribution < 1.29 is 69.0 Å². The van der Waals surface area contributed by atoms with Gasteiger partial charge in [0.25, 0.3) is 0 Å². The van der Waals surface area contributed by atoms with E-state index >= 15 is 0 Å². The number of unbranched alkanes of at least 4 members (excludes halogenated alkanes) is 10. The number of hydrogen-bond donors (Lipinski definition) is 7. The van der Waals surface area contributed by atoms with Gasteiger partial charge in [0, 0.05) is 13.0 Å². The fourth-order valence-corrected chi connectivity index (χ4v) is 7.27. The molecule has 0 saturated carbocycles. The highest BCUT2D eigenvalue weighted by Gasteiger charge is 2.47. The molecule has 0 radical (unpaired) electrons. The molecule has 67 heavy (non-hydrogen) atoms. The molecule has 2 aliphatic heterocycles. The molecule has 2 saturated heterocycles. The van der Waals surface area contributed by atoms with E-state index in [-0.39, 0.29) is 19.6 Å². The Morgan fingerprint density at radius 2 is 0.970 bits per heavy atom. The van der Waals surface area contributed by atoms with Gasteiger partial charge in [-0.1, -0.05) is 137 Å². The lowest BCUT2D eigenvalue weighted by molar-refractivity contribution is -0.332. The minimum Gasteiger partial charge on any atom is -0.457 e. The second-order valence-electron chi connectivity index (χ2n) is 17.3. The average molecular weight is 949 g/mol. The molecule has 7 N–H and O–H groups in total. The summed E-state index contributed by atoms with van der Waals surface area (Å²) in [5.41, 5.74) is 0. The summed E-state index contributed by atoms with van der Waals surface area (Å²) in [5, 5.41) is 72.0. The van der Waals surface area contributed by atoms with E-state index < -0.39 is 86.7 Å². The van der Waals surface area contributed by atoms with E-state index in [2.05, 4.69) is 98.9 Å². The summed E-state index contributed by atoms with van der Waals surface area (Å²) in [6.07, 6.45) is 33.7. The van der Waals surface area contributed by atoms with E-state index in [1.54, 1.807) is 0 Å². The Morgan fingerprint density at radius 3 is 1.54 bits per heavy atom. The van der Waals surface area contributed by atoms with Gasteiger partial charge >= 0.3 is 5.97 Å². The first kappa shape index (κ1) is 60.3. The summed E-state index contributed by atoms with van der Waals surface area (Å²) in [4.78, 5) is 13.0. The fourth-order valence-electron chi connectivity index (χ4n) is 7.27. The quantitative estimate of drug-likeness (QED) is 0.0184. The maximum absolute atomic E-state index is 13.0. The predicted molar refractivity (Wildman–Crippen MR) is 261 cm³/mol. The molecule has 0 aromatic carbocycles. The lowest BCUT2D eigenvalue weighted by atomic mass is 9.98. The third-order valence-electron chi connectivity index (χ3n) is 11.4. The minimum absolute atomic E-state index is 0.0301. The van der Waals surface area contributed by atoms with E-state index in [0.29, 0.717) is 13.0 Å². The van der Waals surface area contributed by atoms with Crippen LogP contribution in [0, 0.1) is 0 Å². The highest BCUT2D eigenvalue weighted by Crippen LogP contribution is 2.26. The second-order valence-corrected chi connectivity index (χ2v) is 17.3. The molecular weight excluding hydrogens is 861 g/mol. The van der Waals surface area contributed by atoms with E-state index in [9.17, 15) is 40.5 Å². The molecule has 0 aromatic heterocycles. The molecule has 0 spiro atoms. The monoisotopic (exact) mass is 949 g/mol. The van der Waals surface area contributed by atoms with Crippen LogP contribution in [-0.4, -0.2) is 142 Å². The predicted octanol–water partition coefficient (Wildman–Crippen LogP) is 7.29. The topological polar surface area (TPSA) is 214 Å². The van der Waals surface area contributed by atoms with Gasteiger partial charge in [-0.3, -0.25) is 4.79 Å². The number of carbonyl (C=O) groups is 1. The van der Waals surface area contributed by atoms with Crippen molar-refractivity contribution in [3.8, 4) is 0 Å². The molecular formula is C53H88O14.